The first kappa shape index (κ1) is 20.7. The van der Waals surface area contributed by atoms with Gasteiger partial charge in [0.05, 0.1) is 32.8 Å². The van der Waals surface area contributed by atoms with E-state index in [1.165, 1.54) is 0 Å². The molecule has 6 nitrogen and oxygen atoms in total. The molecule has 0 aliphatic carbocycles. The van der Waals surface area contributed by atoms with E-state index < -0.39 is 0 Å². The number of hydrogen-bond acceptors (Lipinski definition) is 6. The second-order valence-corrected chi connectivity index (χ2v) is 6.74. The normalized spacial score (nSPS) is 11.9. The number of Topliss-reactive ketones (excluding diaryl/α,β-unsaturated/α-hetero) is 2. The standard InChI is InChI=1S/C21H27NO5/c1-6-13(2)9-16(23)11-17(24)12-18-14(3)27-21(22-18)15-7-8-19(25-4)20(10-15)26-5/h7-8,10,13H,6,9,11-12H2,1-5H3. The predicted octanol–water partition coefficient (Wildman–Crippen LogP) is 4.17. The maximum atomic E-state index is 12.2. The molecule has 0 spiro atoms. The Morgan fingerprint density at radius 3 is 2.48 bits per heavy atom. The number of aromatic nitrogens is 1. The van der Waals surface area contributed by atoms with Crippen molar-refractivity contribution < 1.29 is 23.5 Å². The minimum absolute atomic E-state index is 0.0180. The quantitative estimate of drug-likeness (QED) is 0.582. The lowest BCUT2D eigenvalue weighted by Gasteiger charge is -2.07. The summed E-state index contributed by atoms with van der Waals surface area (Å²) in [5.74, 6) is 2.30. The highest BCUT2D eigenvalue weighted by Crippen LogP contribution is 2.32. The van der Waals surface area contributed by atoms with E-state index in [1.807, 2.05) is 19.9 Å². The van der Waals surface area contributed by atoms with Crippen molar-refractivity contribution in [2.45, 2.75) is 46.5 Å². The molecule has 1 aromatic carbocycles. The molecule has 6 heteroatoms. The number of oxazole rings is 1. The first-order valence-corrected chi connectivity index (χ1v) is 9.10. The smallest absolute Gasteiger partial charge is 0.226 e. The predicted molar refractivity (Wildman–Crippen MR) is 102 cm³/mol. The van der Waals surface area contributed by atoms with Gasteiger partial charge in [0.25, 0.3) is 0 Å². The Hall–Kier alpha value is -2.63. The van der Waals surface area contributed by atoms with Gasteiger partial charge in [-0.3, -0.25) is 9.59 Å². The van der Waals surface area contributed by atoms with Crippen molar-refractivity contribution in [2.24, 2.45) is 5.92 Å². The monoisotopic (exact) mass is 373 g/mol. The SMILES string of the molecule is CCC(C)CC(=O)CC(=O)Cc1nc(-c2ccc(OC)c(OC)c2)oc1C. The fourth-order valence-electron chi connectivity index (χ4n) is 2.76. The molecule has 0 radical (unpaired) electrons. The number of carbonyl (C=O) groups excluding carboxylic acids is 2. The molecule has 1 atom stereocenters. The van der Waals surface area contributed by atoms with Gasteiger partial charge in [0.1, 0.15) is 17.3 Å². The van der Waals surface area contributed by atoms with Crippen LogP contribution in [0, 0.1) is 12.8 Å². The maximum absolute atomic E-state index is 12.2. The zero-order valence-corrected chi connectivity index (χ0v) is 16.6. The molecule has 0 saturated carbocycles. The molecule has 1 aromatic heterocycles. The lowest BCUT2D eigenvalue weighted by Crippen LogP contribution is -2.13. The van der Waals surface area contributed by atoms with Gasteiger partial charge in [-0.15, -0.1) is 0 Å². The first-order chi connectivity index (χ1) is 12.9. The minimum Gasteiger partial charge on any atom is -0.493 e. The molecular weight excluding hydrogens is 346 g/mol. The van der Waals surface area contributed by atoms with Crippen molar-refractivity contribution >= 4 is 11.6 Å². The van der Waals surface area contributed by atoms with Crippen LogP contribution in [0.1, 0.15) is 44.6 Å². The summed E-state index contributed by atoms with van der Waals surface area (Å²) in [4.78, 5) is 28.6. The van der Waals surface area contributed by atoms with Gasteiger partial charge in [-0.25, -0.2) is 4.98 Å². The van der Waals surface area contributed by atoms with Crippen molar-refractivity contribution in [2.75, 3.05) is 14.2 Å². The highest BCUT2D eigenvalue weighted by molar-refractivity contribution is 5.99. The van der Waals surface area contributed by atoms with Crippen molar-refractivity contribution in [3.8, 4) is 23.0 Å². The topological polar surface area (TPSA) is 78.6 Å². The van der Waals surface area contributed by atoms with Gasteiger partial charge in [-0.1, -0.05) is 20.3 Å². The molecule has 1 heterocycles. The molecule has 0 fully saturated rings. The maximum Gasteiger partial charge on any atom is 0.226 e. The summed E-state index contributed by atoms with van der Waals surface area (Å²) in [5.41, 5.74) is 1.28. The lowest BCUT2D eigenvalue weighted by molar-refractivity contribution is -0.127. The minimum atomic E-state index is -0.140. The second-order valence-electron chi connectivity index (χ2n) is 6.74. The van der Waals surface area contributed by atoms with Gasteiger partial charge in [-0.05, 0) is 31.0 Å². The van der Waals surface area contributed by atoms with E-state index in [1.54, 1.807) is 33.3 Å². The highest BCUT2D eigenvalue weighted by Gasteiger charge is 2.18. The second kappa shape index (κ2) is 9.35. The van der Waals surface area contributed by atoms with Crippen LogP contribution in [-0.2, 0) is 16.0 Å². The Labute approximate surface area is 159 Å². The number of rotatable bonds is 10. The molecular formula is C21H27NO5. The third-order valence-corrected chi connectivity index (χ3v) is 4.56. The van der Waals surface area contributed by atoms with Crippen LogP contribution in [0.2, 0.25) is 0 Å². The lowest BCUT2D eigenvalue weighted by atomic mass is 9.98. The molecule has 146 valence electrons. The van der Waals surface area contributed by atoms with Gasteiger partial charge < -0.3 is 13.9 Å². The van der Waals surface area contributed by atoms with Gasteiger partial charge in [-0.2, -0.15) is 0 Å². The van der Waals surface area contributed by atoms with E-state index in [0.29, 0.717) is 41.2 Å². The molecule has 0 aliphatic heterocycles. The van der Waals surface area contributed by atoms with Gasteiger partial charge in [0, 0.05) is 12.0 Å². The van der Waals surface area contributed by atoms with Crippen LogP contribution in [0.3, 0.4) is 0 Å². The van der Waals surface area contributed by atoms with Crippen LogP contribution >= 0.6 is 0 Å². The number of ketones is 2. The number of aryl methyl sites for hydroxylation is 1. The number of ether oxygens (including phenoxy) is 2. The Balaban J connectivity index is 2.10. The summed E-state index contributed by atoms with van der Waals surface area (Å²) < 4.78 is 16.2. The molecule has 27 heavy (non-hydrogen) atoms. The van der Waals surface area contributed by atoms with Gasteiger partial charge >= 0.3 is 0 Å². The van der Waals surface area contributed by atoms with Crippen molar-refractivity contribution in [3.63, 3.8) is 0 Å². The summed E-state index contributed by atoms with van der Waals surface area (Å²) in [6.07, 6.45) is 1.41. The first-order valence-electron chi connectivity index (χ1n) is 9.10. The summed E-state index contributed by atoms with van der Waals surface area (Å²) >= 11 is 0. The van der Waals surface area contributed by atoms with Crippen LogP contribution in [-0.4, -0.2) is 30.8 Å². The number of nitrogens with zero attached hydrogens (tertiary/aromatic N) is 1. The largest absolute Gasteiger partial charge is 0.493 e. The summed E-state index contributed by atoms with van der Waals surface area (Å²) in [6.45, 7) is 5.81. The van der Waals surface area contributed by atoms with Crippen LogP contribution in [0.25, 0.3) is 11.5 Å². The third kappa shape index (κ3) is 5.42. The summed E-state index contributed by atoms with van der Waals surface area (Å²) in [5, 5.41) is 0. The average molecular weight is 373 g/mol. The summed E-state index contributed by atoms with van der Waals surface area (Å²) in [6, 6.07) is 5.35. The highest BCUT2D eigenvalue weighted by atomic mass is 16.5. The summed E-state index contributed by atoms with van der Waals surface area (Å²) in [7, 11) is 3.13. The third-order valence-electron chi connectivity index (χ3n) is 4.56. The van der Waals surface area contributed by atoms with Crippen molar-refractivity contribution in [1.29, 1.82) is 0 Å². The zero-order valence-electron chi connectivity index (χ0n) is 16.6. The van der Waals surface area contributed by atoms with E-state index in [2.05, 4.69) is 4.98 Å². The Bertz CT molecular complexity index is 809. The van der Waals surface area contributed by atoms with E-state index >= 15 is 0 Å². The number of methoxy groups -OCH3 is 2. The Morgan fingerprint density at radius 1 is 1.15 bits per heavy atom. The Kier molecular flexibility index (Phi) is 7.16. The fourth-order valence-corrected chi connectivity index (χ4v) is 2.76. The average Bonchev–Trinajstić information content (AvgIpc) is 3.00. The molecule has 0 saturated heterocycles. The zero-order chi connectivity index (χ0) is 20.0. The molecule has 2 rings (SSSR count). The Morgan fingerprint density at radius 2 is 1.85 bits per heavy atom. The molecule has 0 bridgehead atoms. The van der Waals surface area contributed by atoms with Crippen LogP contribution in [0.4, 0.5) is 0 Å². The molecule has 0 N–H and O–H groups in total. The van der Waals surface area contributed by atoms with Crippen LogP contribution < -0.4 is 9.47 Å². The van der Waals surface area contributed by atoms with Crippen LogP contribution in [0.15, 0.2) is 22.6 Å². The molecule has 0 amide bonds. The molecule has 0 aliphatic rings. The van der Waals surface area contributed by atoms with E-state index in [9.17, 15) is 9.59 Å². The van der Waals surface area contributed by atoms with Crippen molar-refractivity contribution in [3.05, 3.63) is 29.7 Å². The number of benzene rings is 1. The van der Waals surface area contributed by atoms with E-state index in [-0.39, 0.29) is 24.4 Å². The molecule has 2 aromatic rings. The fraction of sp³-hybridized carbons (Fsp3) is 0.476. The van der Waals surface area contributed by atoms with Crippen LogP contribution in [0.5, 0.6) is 11.5 Å². The van der Waals surface area contributed by atoms with E-state index in [0.717, 1.165) is 12.0 Å². The van der Waals surface area contributed by atoms with Gasteiger partial charge in [0.2, 0.25) is 5.89 Å². The number of hydrogen-bond donors (Lipinski definition) is 0. The van der Waals surface area contributed by atoms with E-state index in [4.69, 9.17) is 13.9 Å². The van der Waals surface area contributed by atoms with Gasteiger partial charge in [0.15, 0.2) is 11.5 Å². The molecule has 1 unspecified atom stereocenters. The van der Waals surface area contributed by atoms with Crippen molar-refractivity contribution in [1.82, 2.24) is 4.98 Å². The number of carbonyl (C=O) groups is 2.